The molecule has 0 heterocycles. The normalized spacial score (nSPS) is 9.69. The maximum absolute atomic E-state index is 13.1. The summed E-state index contributed by atoms with van der Waals surface area (Å²) in [5.74, 6) is -1.68. The highest BCUT2D eigenvalue weighted by molar-refractivity contribution is 5.89. The van der Waals surface area contributed by atoms with Gasteiger partial charge in [-0.05, 0) is 24.6 Å². The van der Waals surface area contributed by atoms with E-state index in [1.807, 2.05) is 0 Å². The van der Waals surface area contributed by atoms with Crippen LogP contribution < -0.4 is 0 Å². The van der Waals surface area contributed by atoms with Crippen molar-refractivity contribution in [2.24, 2.45) is 0 Å². The third kappa shape index (κ3) is 1.75. The lowest BCUT2D eigenvalue weighted by Crippen LogP contribution is -2.01. The zero-order chi connectivity index (χ0) is 10.0. The number of carboxylic acids is 1. The van der Waals surface area contributed by atoms with Crippen molar-refractivity contribution in [3.8, 4) is 0 Å². The van der Waals surface area contributed by atoms with Gasteiger partial charge in [0.2, 0.25) is 0 Å². The Morgan fingerprint density at radius 3 is 2.69 bits per heavy atom. The van der Waals surface area contributed by atoms with Crippen molar-refractivity contribution >= 4 is 12.0 Å². The fourth-order valence-corrected chi connectivity index (χ4v) is 1.09. The molecule has 1 aromatic carbocycles. The van der Waals surface area contributed by atoms with E-state index in [4.69, 9.17) is 5.11 Å². The van der Waals surface area contributed by atoms with Crippen LogP contribution in [0, 0.1) is 12.7 Å². The maximum atomic E-state index is 13.1. The minimum Gasteiger partial charge on any atom is -0.478 e. The summed E-state index contributed by atoms with van der Waals surface area (Å²) in [6, 6.07) is 2.47. The minimum absolute atomic E-state index is 0.0110. The number of rotatable bonds is 2. The molecule has 0 aliphatic heterocycles. The SMILES string of the molecule is C=Cc1cc(C)c(C(=O)O)cc1F. The van der Waals surface area contributed by atoms with E-state index < -0.39 is 11.8 Å². The zero-order valence-corrected chi connectivity index (χ0v) is 7.17. The molecule has 68 valence electrons. The molecule has 0 atom stereocenters. The molecule has 1 N–H and O–H groups in total. The van der Waals surface area contributed by atoms with Crippen LogP contribution in [0.25, 0.3) is 6.08 Å². The number of hydrogen-bond donors (Lipinski definition) is 1. The van der Waals surface area contributed by atoms with Gasteiger partial charge in [-0.1, -0.05) is 12.7 Å². The minimum atomic E-state index is -1.12. The van der Waals surface area contributed by atoms with E-state index in [-0.39, 0.29) is 5.56 Å². The van der Waals surface area contributed by atoms with Gasteiger partial charge in [0.05, 0.1) is 5.56 Å². The molecule has 1 rings (SSSR count). The summed E-state index contributed by atoms with van der Waals surface area (Å²) in [5.41, 5.74) is 0.842. The van der Waals surface area contributed by atoms with E-state index in [0.717, 1.165) is 6.07 Å². The van der Waals surface area contributed by atoms with Crippen molar-refractivity contribution in [2.75, 3.05) is 0 Å². The Bertz CT molecular complexity index is 369. The van der Waals surface area contributed by atoms with Crippen molar-refractivity contribution in [1.29, 1.82) is 0 Å². The molecule has 0 bridgehead atoms. The largest absolute Gasteiger partial charge is 0.478 e. The monoisotopic (exact) mass is 180 g/mol. The standard InChI is InChI=1S/C10H9FO2/c1-3-7-4-6(2)8(10(12)13)5-9(7)11/h3-5H,1H2,2H3,(H,12,13). The molecule has 0 saturated carbocycles. The van der Waals surface area contributed by atoms with E-state index in [1.54, 1.807) is 6.92 Å². The lowest BCUT2D eigenvalue weighted by molar-refractivity contribution is 0.0695. The molecule has 2 nitrogen and oxygen atoms in total. The van der Waals surface area contributed by atoms with E-state index in [2.05, 4.69) is 6.58 Å². The smallest absolute Gasteiger partial charge is 0.336 e. The average Bonchev–Trinajstić information content (AvgIpc) is 2.07. The van der Waals surface area contributed by atoms with E-state index in [0.29, 0.717) is 11.1 Å². The van der Waals surface area contributed by atoms with Gasteiger partial charge in [-0.2, -0.15) is 0 Å². The lowest BCUT2D eigenvalue weighted by Gasteiger charge is -2.03. The Hall–Kier alpha value is -1.64. The summed E-state index contributed by atoms with van der Waals surface area (Å²) >= 11 is 0. The van der Waals surface area contributed by atoms with E-state index in [1.165, 1.54) is 12.1 Å². The summed E-state index contributed by atoms with van der Waals surface area (Å²) in [5, 5.41) is 8.66. The third-order valence-corrected chi connectivity index (χ3v) is 1.79. The summed E-state index contributed by atoms with van der Waals surface area (Å²) in [6.45, 7) is 5.04. The molecule has 1 aromatic rings. The second-order valence-electron chi connectivity index (χ2n) is 2.70. The third-order valence-electron chi connectivity index (χ3n) is 1.79. The number of hydrogen-bond acceptors (Lipinski definition) is 1. The first-order chi connectivity index (χ1) is 6.06. The summed E-state index contributed by atoms with van der Waals surface area (Å²) in [7, 11) is 0. The molecule has 0 aromatic heterocycles. The maximum Gasteiger partial charge on any atom is 0.336 e. The fraction of sp³-hybridized carbons (Fsp3) is 0.100. The number of benzene rings is 1. The highest BCUT2D eigenvalue weighted by Gasteiger charge is 2.10. The van der Waals surface area contributed by atoms with Crippen LogP contribution in [0.15, 0.2) is 18.7 Å². The Kier molecular flexibility index (Phi) is 2.46. The van der Waals surface area contributed by atoms with Gasteiger partial charge in [0.25, 0.3) is 0 Å². The number of aromatic carboxylic acids is 1. The van der Waals surface area contributed by atoms with Gasteiger partial charge in [-0.15, -0.1) is 0 Å². The number of carbonyl (C=O) groups is 1. The van der Waals surface area contributed by atoms with Crippen molar-refractivity contribution in [2.45, 2.75) is 6.92 Å². The van der Waals surface area contributed by atoms with Gasteiger partial charge in [0.1, 0.15) is 5.82 Å². The Morgan fingerprint density at radius 2 is 2.23 bits per heavy atom. The molecule has 13 heavy (non-hydrogen) atoms. The molecule has 0 fully saturated rings. The summed E-state index contributed by atoms with van der Waals surface area (Å²) < 4.78 is 13.1. The van der Waals surface area contributed by atoms with E-state index in [9.17, 15) is 9.18 Å². The molecule has 0 aliphatic rings. The zero-order valence-electron chi connectivity index (χ0n) is 7.17. The van der Waals surface area contributed by atoms with Crippen LogP contribution in [0.1, 0.15) is 21.5 Å². The van der Waals surface area contributed by atoms with Gasteiger partial charge >= 0.3 is 5.97 Å². The van der Waals surface area contributed by atoms with Crippen LogP contribution in [-0.4, -0.2) is 11.1 Å². The number of aryl methyl sites for hydroxylation is 1. The Morgan fingerprint density at radius 1 is 1.62 bits per heavy atom. The number of halogens is 1. The topological polar surface area (TPSA) is 37.3 Å². The van der Waals surface area contributed by atoms with Gasteiger partial charge < -0.3 is 5.11 Å². The van der Waals surface area contributed by atoms with Crippen LogP contribution in [0.3, 0.4) is 0 Å². The van der Waals surface area contributed by atoms with Gasteiger partial charge in [-0.25, -0.2) is 9.18 Å². The Balaban J connectivity index is 3.36. The molecular weight excluding hydrogens is 171 g/mol. The highest BCUT2D eigenvalue weighted by Crippen LogP contribution is 2.16. The summed E-state index contributed by atoms with van der Waals surface area (Å²) in [4.78, 5) is 10.6. The molecular formula is C10H9FO2. The van der Waals surface area contributed by atoms with E-state index >= 15 is 0 Å². The average molecular weight is 180 g/mol. The van der Waals surface area contributed by atoms with Crippen molar-refractivity contribution < 1.29 is 14.3 Å². The van der Waals surface area contributed by atoms with Gasteiger partial charge in [-0.3, -0.25) is 0 Å². The summed E-state index contributed by atoms with van der Waals surface area (Å²) in [6.07, 6.45) is 1.36. The van der Waals surface area contributed by atoms with Crippen LogP contribution in [-0.2, 0) is 0 Å². The molecule has 0 spiro atoms. The van der Waals surface area contributed by atoms with Crippen LogP contribution >= 0.6 is 0 Å². The molecule has 3 heteroatoms. The van der Waals surface area contributed by atoms with Crippen molar-refractivity contribution in [3.63, 3.8) is 0 Å². The lowest BCUT2D eigenvalue weighted by atomic mass is 10.0. The van der Waals surface area contributed by atoms with Crippen molar-refractivity contribution in [3.05, 3.63) is 41.2 Å². The second kappa shape index (κ2) is 3.39. The molecule has 0 amide bonds. The first kappa shape index (κ1) is 9.45. The molecule has 0 radical (unpaired) electrons. The fourth-order valence-electron chi connectivity index (χ4n) is 1.09. The van der Waals surface area contributed by atoms with Crippen molar-refractivity contribution in [1.82, 2.24) is 0 Å². The molecule has 0 unspecified atom stereocenters. The molecule has 0 aliphatic carbocycles. The van der Waals surface area contributed by atoms with Crippen LogP contribution in [0.2, 0.25) is 0 Å². The Labute approximate surface area is 75.3 Å². The first-order valence-corrected chi connectivity index (χ1v) is 3.72. The first-order valence-electron chi connectivity index (χ1n) is 3.72. The second-order valence-corrected chi connectivity index (χ2v) is 2.70. The predicted molar refractivity (Wildman–Crippen MR) is 48.2 cm³/mol. The predicted octanol–water partition coefficient (Wildman–Crippen LogP) is 2.48. The quantitative estimate of drug-likeness (QED) is 0.759. The van der Waals surface area contributed by atoms with Gasteiger partial charge in [0.15, 0.2) is 0 Å². The molecule has 0 saturated heterocycles. The van der Waals surface area contributed by atoms with Gasteiger partial charge in [0, 0.05) is 5.56 Å². The highest BCUT2D eigenvalue weighted by atomic mass is 19.1. The van der Waals surface area contributed by atoms with Crippen LogP contribution in [0.4, 0.5) is 4.39 Å². The number of carboxylic acid groups (broad SMARTS) is 1. The van der Waals surface area contributed by atoms with Crippen LogP contribution in [0.5, 0.6) is 0 Å².